The summed E-state index contributed by atoms with van der Waals surface area (Å²) in [5.41, 5.74) is 4.40. The monoisotopic (exact) mass is 385 g/mol. The molecule has 0 aliphatic carbocycles. The smallest absolute Gasteiger partial charge is 0.267 e. The molecule has 0 aliphatic rings. The second-order valence-corrected chi connectivity index (χ2v) is 7.52. The molecule has 0 atom stereocenters. The van der Waals surface area contributed by atoms with Gasteiger partial charge in [0, 0.05) is 0 Å². The lowest BCUT2D eigenvalue weighted by atomic mass is 10.1. The number of nitriles is 2. The van der Waals surface area contributed by atoms with Gasteiger partial charge in [-0.2, -0.15) is 10.5 Å². The summed E-state index contributed by atoms with van der Waals surface area (Å²) in [6, 6.07) is 17.6. The molecule has 1 heterocycles. The summed E-state index contributed by atoms with van der Waals surface area (Å²) in [5, 5.41) is 18.8. The van der Waals surface area contributed by atoms with Crippen molar-refractivity contribution in [2.75, 3.05) is 0 Å². The fraction of sp³-hybridized carbons (Fsp3) is 0.174. The third-order valence-corrected chi connectivity index (χ3v) is 5.70. The van der Waals surface area contributed by atoms with Crippen LogP contribution in [0.2, 0.25) is 0 Å². The minimum atomic E-state index is -0.222. The van der Waals surface area contributed by atoms with Crippen molar-refractivity contribution in [1.82, 2.24) is 4.57 Å². The Kier molecular flexibility index (Phi) is 5.59. The van der Waals surface area contributed by atoms with Crippen LogP contribution in [0.3, 0.4) is 0 Å². The number of nitrogens with zero attached hydrogens (tertiary/aromatic N) is 3. The maximum absolute atomic E-state index is 13.3. The average Bonchev–Trinajstić information content (AvgIpc) is 3.00. The zero-order chi connectivity index (χ0) is 20.3. The van der Waals surface area contributed by atoms with Gasteiger partial charge >= 0.3 is 0 Å². The molecule has 0 saturated heterocycles. The van der Waals surface area contributed by atoms with E-state index in [0.29, 0.717) is 9.20 Å². The predicted molar refractivity (Wildman–Crippen MR) is 113 cm³/mol. The molecule has 0 bridgehead atoms. The second kappa shape index (κ2) is 8.08. The van der Waals surface area contributed by atoms with Gasteiger partial charge in [0.15, 0.2) is 5.57 Å². The van der Waals surface area contributed by atoms with E-state index in [1.807, 2.05) is 74.5 Å². The molecule has 0 fully saturated rings. The van der Waals surface area contributed by atoms with Crippen molar-refractivity contribution < 1.29 is 0 Å². The lowest BCUT2D eigenvalue weighted by Gasteiger charge is -2.10. The Morgan fingerprint density at radius 1 is 1.07 bits per heavy atom. The molecule has 0 aliphatic heterocycles. The first-order valence-electron chi connectivity index (χ1n) is 8.93. The van der Waals surface area contributed by atoms with Crippen molar-refractivity contribution in [2.45, 2.75) is 27.2 Å². The van der Waals surface area contributed by atoms with E-state index >= 15 is 0 Å². The maximum atomic E-state index is 13.3. The molecule has 3 rings (SSSR count). The van der Waals surface area contributed by atoms with Crippen LogP contribution in [0.4, 0.5) is 0 Å². The van der Waals surface area contributed by atoms with Crippen molar-refractivity contribution in [3.05, 3.63) is 84.3 Å². The van der Waals surface area contributed by atoms with Gasteiger partial charge in [-0.3, -0.25) is 9.36 Å². The third kappa shape index (κ3) is 3.53. The van der Waals surface area contributed by atoms with E-state index in [0.717, 1.165) is 28.8 Å². The van der Waals surface area contributed by atoms with Crippen LogP contribution in [0.15, 0.2) is 47.3 Å². The zero-order valence-electron chi connectivity index (χ0n) is 16.0. The highest BCUT2D eigenvalue weighted by molar-refractivity contribution is 7.07. The molecule has 0 spiro atoms. The Hall–Kier alpha value is -3.41. The minimum Gasteiger partial charge on any atom is -0.267 e. The molecule has 0 amide bonds. The molecule has 3 aromatic rings. The van der Waals surface area contributed by atoms with Gasteiger partial charge in [-0.1, -0.05) is 49.4 Å². The first kappa shape index (κ1) is 19.4. The predicted octanol–water partition coefficient (Wildman–Crippen LogP) is 3.10. The summed E-state index contributed by atoms with van der Waals surface area (Å²) in [4.78, 5) is 13.3. The van der Waals surface area contributed by atoms with Gasteiger partial charge in [0.1, 0.15) is 16.8 Å². The molecule has 138 valence electrons. The number of rotatable bonds is 3. The van der Waals surface area contributed by atoms with Gasteiger partial charge in [-0.05, 0) is 48.6 Å². The van der Waals surface area contributed by atoms with Gasteiger partial charge in [0.05, 0.1) is 10.2 Å². The number of thiazole rings is 1. The standard InChI is InChI=1S/C23H19N3OS/c1-4-17-8-10-18(11-9-17)12-20-22(27)26(23(28-20)19(13-24)14-25)21-15(2)6-5-7-16(21)3/h5-12H,4H2,1-3H3/b20-12-. The summed E-state index contributed by atoms with van der Waals surface area (Å²) < 4.78 is 2.36. The molecule has 2 aromatic carbocycles. The first-order valence-corrected chi connectivity index (χ1v) is 9.75. The molecule has 1 aromatic heterocycles. The molecule has 0 N–H and O–H groups in total. The minimum absolute atomic E-state index is 0.0641. The molecule has 0 saturated carbocycles. The van der Waals surface area contributed by atoms with Crippen LogP contribution in [0.25, 0.3) is 17.3 Å². The lowest BCUT2D eigenvalue weighted by molar-refractivity contribution is 0.962. The highest BCUT2D eigenvalue weighted by atomic mass is 32.1. The number of para-hydroxylation sites is 1. The summed E-state index contributed by atoms with van der Waals surface area (Å²) >= 11 is 1.17. The molecule has 0 radical (unpaired) electrons. The largest absolute Gasteiger partial charge is 0.273 e. The SMILES string of the molecule is CCc1ccc(/C=c2\sc(=C(C#N)C#N)n(-c3c(C)cccc3C)c2=O)cc1. The molecular weight excluding hydrogens is 366 g/mol. The lowest BCUT2D eigenvalue weighted by Crippen LogP contribution is -2.31. The van der Waals surface area contributed by atoms with Crippen molar-refractivity contribution in [3.63, 3.8) is 0 Å². The van der Waals surface area contributed by atoms with Crippen molar-refractivity contribution in [2.24, 2.45) is 0 Å². The number of aromatic nitrogens is 1. The van der Waals surface area contributed by atoms with E-state index in [1.54, 1.807) is 0 Å². The molecule has 4 nitrogen and oxygen atoms in total. The summed E-state index contributed by atoms with van der Waals surface area (Å²) in [6.45, 7) is 5.93. The first-order chi connectivity index (χ1) is 13.5. The van der Waals surface area contributed by atoms with E-state index in [9.17, 15) is 15.3 Å². The van der Waals surface area contributed by atoms with E-state index in [-0.39, 0.29) is 11.1 Å². The average molecular weight is 385 g/mol. The Bertz CT molecular complexity index is 1260. The molecule has 0 unspecified atom stereocenters. The van der Waals surface area contributed by atoms with Crippen LogP contribution < -0.4 is 14.8 Å². The van der Waals surface area contributed by atoms with Crippen LogP contribution in [0.1, 0.15) is 29.2 Å². The van der Waals surface area contributed by atoms with Crippen molar-refractivity contribution >= 4 is 23.0 Å². The summed E-state index contributed by atoms with van der Waals surface area (Å²) in [5.74, 6) is 0. The van der Waals surface area contributed by atoms with Gasteiger partial charge in [0.25, 0.3) is 5.56 Å². The van der Waals surface area contributed by atoms with E-state index < -0.39 is 0 Å². The second-order valence-electron chi connectivity index (χ2n) is 6.49. The Morgan fingerprint density at radius 2 is 1.68 bits per heavy atom. The van der Waals surface area contributed by atoms with Crippen molar-refractivity contribution in [1.29, 1.82) is 10.5 Å². The number of benzene rings is 2. The van der Waals surface area contributed by atoms with Gasteiger partial charge in [0.2, 0.25) is 0 Å². The maximum Gasteiger partial charge on any atom is 0.273 e. The fourth-order valence-corrected chi connectivity index (χ4v) is 4.17. The fourth-order valence-electron chi connectivity index (χ4n) is 3.13. The number of hydrogen-bond donors (Lipinski definition) is 0. The van der Waals surface area contributed by atoms with E-state index in [4.69, 9.17) is 0 Å². The molecule has 5 heteroatoms. The van der Waals surface area contributed by atoms with Gasteiger partial charge in [-0.25, -0.2) is 0 Å². The van der Waals surface area contributed by atoms with Gasteiger partial charge in [-0.15, -0.1) is 11.3 Å². The van der Waals surface area contributed by atoms with Gasteiger partial charge < -0.3 is 0 Å². The Balaban J connectivity index is 2.40. The molecular formula is C23H19N3OS. The Labute approximate surface area is 167 Å². The van der Waals surface area contributed by atoms with Crippen molar-refractivity contribution in [3.8, 4) is 17.8 Å². The highest BCUT2D eigenvalue weighted by Crippen LogP contribution is 2.16. The number of aryl methyl sites for hydroxylation is 3. The van der Waals surface area contributed by atoms with Crippen LogP contribution in [0, 0.1) is 36.5 Å². The van der Waals surface area contributed by atoms with Crippen LogP contribution >= 0.6 is 11.3 Å². The quantitative estimate of drug-likeness (QED) is 0.696. The number of hydrogen-bond acceptors (Lipinski definition) is 4. The van der Waals surface area contributed by atoms with E-state index in [2.05, 4.69) is 6.92 Å². The normalized spacial score (nSPS) is 11.1. The van der Waals surface area contributed by atoms with Crippen LogP contribution in [-0.2, 0) is 6.42 Å². The summed E-state index contributed by atoms with van der Waals surface area (Å²) in [7, 11) is 0. The van der Waals surface area contributed by atoms with Crippen LogP contribution in [-0.4, -0.2) is 4.57 Å². The molecule has 28 heavy (non-hydrogen) atoms. The topological polar surface area (TPSA) is 69.6 Å². The zero-order valence-corrected chi connectivity index (χ0v) is 16.8. The Morgan fingerprint density at radius 3 is 2.21 bits per heavy atom. The highest BCUT2D eigenvalue weighted by Gasteiger charge is 2.14. The van der Waals surface area contributed by atoms with Crippen LogP contribution in [0.5, 0.6) is 0 Å². The third-order valence-electron chi connectivity index (χ3n) is 4.61. The van der Waals surface area contributed by atoms with E-state index in [1.165, 1.54) is 21.5 Å². The summed E-state index contributed by atoms with van der Waals surface area (Å²) in [6.07, 6.45) is 2.76.